The molecular formula is C16H15ClINO2. The molecule has 0 fully saturated rings. The zero-order valence-electron chi connectivity index (χ0n) is 11.6. The molecule has 3 nitrogen and oxygen atoms in total. The molecule has 0 atom stereocenters. The van der Waals surface area contributed by atoms with Crippen molar-refractivity contribution in [1.82, 2.24) is 4.57 Å². The number of ether oxygens (including phenoxy) is 1. The van der Waals surface area contributed by atoms with Crippen molar-refractivity contribution in [2.75, 3.05) is 6.61 Å². The molecule has 0 bridgehead atoms. The molecule has 0 aliphatic carbocycles. The Morgan fingerprint density at radius 1 is 1.38 bits per heavy atom. The Hall–Kier alpha value is -1.27. The molecule has 0 aliphatic heterocycles. The Labute approximate surface area is 142 Å². The number of rotatable bonds is 5. The lowest BCUT2D eigenvalue weighted by Crippen LogP contribution is -2.22. The minimum absolute atomic E-state index is 0.00125. The molecular weight excluding hydrogens is 401 g/mol. The molecule has 1 heterocycles. The van der Waals surface area contributed by atoms with E-state index in [1.807, 2.05) is 53.8 Å². The molecule has 0 saturated heterocycles. The van der Waals surface area contributed by atoms with Crippen LogP contribution in [0.15, 0.2) is 47.8 Å². The molecule has 0 saturated carbocycles. The largest absolute Gasteiger partial charge is 0.490 e. The van der Waals surface area contributed by atoms with Crippen LogP contribution in [0.1, 0.15) is 6.92 Å². The van der Waals surface area contributed by atoms with Crippen molar-refractivity contribution in [3.8, 4) is 17.0 Å². The summed E-state index contributed by atoms with van der Waals surface area (Å²) in [5, 5.41) is 0.555. The predicted octanol–water partition coefficient (Wildman–Crippen LogP) is 4.36. The molecule has 0 aliphatic rings. The van der Waals surface area contributed by atoms with Gasteiger partial charge in [-0.05, 0) is 59.8 Å². The van der Waals surface area contributed by atoms with Gasteiger partial charge in [0.15, 0.2) is 0 Å². The summed E-state index contributed by atoms with van der Waals surface area (Å²) < 4.78 is 7.86. The highest BCUT2D eigenvalue weighted by atomic mass is 127. The smallest absolute Gasteiger partial charge is 0.264 e. The molecule has 0 radical (unpaired) electrons. The molecule has 21 heavy (non-hydrogen) atoms. The number of pyridine rings is 1. The molecule has 2 rings (SSSR count). The summed E-state index contributed by atoms with van der Waals surface area (Å²) in [6.45, 7) is 6.57. The van der Waals surface area contributed by atoms with Crippen LogP contribution in [0.25, 0.3) is 11.3 Å². The molecule has 1 aromatic carbocycles. The van der Waals surface area contributed by atoms with Gasteiger partial charge in [0.05, 0.1) is 14.3 Å². The van der Waals surface area contributed by atoms with Crippen LogP contribution >= 0.6 is 34.2 Å². The maximum absolute atomic E-state index is 12.2. The van der Waals surface area contributed by atoms with E-state index < -0.39 is 0 Å². The van der Waals surface area contributed by atoms with Crippen LogP contribution < -0.4 is 10.3 Å². The van der Waals surface area contributed by atoms with Crippen molar-refractivity contribution in [2.24, 2.45) is 0 Å². The number of aromatic nitrogens is 1. The van der Waals surface area contributed by atoms with Gasteiger partial charge in [0, 0.05) is 12.1 Å². The average Bonchev–Trinajstić information content (AvgIpc) is 2.48. The van der Waals surface area contributed by atoms with Gasteiger partial charge in [0.25, 0.3) is 5.56 Å². The summed E-state index contributed by atoms with van der Waals surface area (Å²) in [5.74, 6) is 0.680. The number of hydrogen-bond donors (Lipinski definition) is 0. The Morgan fingerprint density at radius 3 is 2.76 bits per heavy atom. The van der Waals surface area contributed by atoms with Crippen molar-refractivity contribution in [3.63, 3.8) is 0 Å². The molecule has 0 amide bonds. The van der Waals surface area contributed by atoms with Gasteiger partial charge in [-0.1, -0.05) is 24.3 Å². The molecule has 1 aromatic heterocycles. The minimum atomic E-state index is -0.00125. The zero-order chi connectivity index (χ0) is 15.4. The van der Waals surface area contributed by atoms with E-state index in [1.54, 1.807) is 16.7 Å². The maximum Gasteiger partial charge on any atom is 0.264 e. The SMILES string of the molecule is C=CCOc1ccc(-c2ccc(I)c(=O)n2CC)c(Cl)c1. The standard InChI is InChI=1S/C16H15ClINO2/c1-3-9-21-11-5-6-12(13(17)10-11)15-8-7-14(18)16(20)19(15)4-2/h3,5-8,10H,1,4,9H2,2H3. The molecule has 2 aromatic rings. The Morgan fingerprint density at radius 2 is 2.14 bits per heavy atom. The van der Waals surface area contributed by atoms with E-state index in [0.29, 0.717) is 27.5 Å². The molecule has 0 unspecified atom stereocenters. The first-order chi connectivity index (χ1) is 10.1. The highest BCUT2D eigenvalue weighted by Gasteiger charge is 2.11. The Balaban J connectivity index is 2.50. The second kappa shape index (κ2) is 7.13. The summed E-state index contributed by atoms with van der Waals surface area (Å²) >= 11 is 8.38. The van der Waals surface area contributed by atoms with Gasteiger partial charge < -0.3 is 9.30 Å². The van der Waals surface area contributed by atoms with Crippen LogP contribution in [0.3, 0.4) is 0 Å². The normalized spacial score (nSPS) is 10.4. The molecule has 5 heteroatoms. The third-order valence-electron chi connectivity index (χ3n) is 3.03. The van der Waals surface area contributed by atoms with Crippen LogP contribution in [0.5, 0.6) is 5.75 Å². The van der Waals surface area contributed by atoms with Gasteiger partial charge in [0.1, 0.15) is 12.4 Å². The van der Waals surface area contributed by atoms with E-state index in [9.17, 15) is 4.79 Å². The third-order valence-corrected chi connectivity index (χ3v) is 4.16. The van der Waals surface area contributed by atoms with Crippen LogP contribution in [-0.4, -0.2) is 11.2 Å². The van der Waals surface area contributed by atoms with E-state index in [-0.39, 0.29) is 5.56 Å². The van der Waals surface area contributed by atoms with Gasteiger partial charge in [-0.25, -0.2) is 0 Å². The Kier molecular flexibility index (Phi) is 5.47. The van der Waals surface area contributed by atoms with Crippen molar-refractivity contribution in [2.45, 2.75) is 13.5 Å². The molecule has 0 N–H and O–H groups in total. The van der Waals surface area contributed by atoms with Gasteiger partial charge >= 0.3 is 0 Å². The van der Waals surface area contributed by atoms with E-state index in [0.717, 1.165) is 11.3 Å². The summed E-state index contributed by atoms with van der Waals surface area (Å²) in [4.78, 5) is 12.2. The van der Waals surface area contributed by atoms with Crippen LogP contribution in [0.2, 0.25) is 5.02 Å². The van der Waals surface area contributed by atoms with Gasteiger partial charge in [-0.15, -0.1) is 0 Å². The van der Waals surface area contributed by atoms with Crippen molar-refractivity contribution >= 4 is 34.2 Å². The van der Waals surface area contributed by atoms with E-state index in [4.69, 9.17) is 16.3 Å². The summed E-state index contributed by atoms with van der Waals surface area (Å²) in [5.41, 5.74) is 1.62. The van der Waals surface area contributed by atoms with Gasteiger partial charge in [-0.2, -0.15) is 0 Å². The predicted molar refractivity (Wildman–Crippen MR) is 95.2 cm³/mol. The van der Waals surface area contributed by atoms with E-state index in [2.05, 4.69) is 6.58 Å². The lowest BCUT2D eigenvalue weighted by Gasteiger charge is -2.14. The highest BCUT2D eigenvalue weighted by molar-refractivity contribution is 14.1. The maximum atomic E-state index is 12.2. The molecule has 110 valence electrons. The minimum Gasteiger partial charge on any atom is -0.490 e. The fourth-order valence-corrected chi connectivity index (χ4v) is 2.79. The monoisotopic (exact) mass is 415 g/mol. The fraction of sp³-hybridized carbons (Fsp3) is 0.188. The van der Waals surface area contributed by atoms with E-state index in [1.165, 1.54) is 0 Å². The summed E-state index contributed by atoms with van der Waals surface area (Å²) in [7, 11) is 0. The molecule has 0 spiro atoms. The number of benzene rings is 1. The topological polar surface area (TPSA) is 31.2 Å². The van der Waals surface area contributed by atoms with Crippen LogP contribution in [-0.2, 0) is 6.54 Å². The highest BCUT2D eigenvalue weighted by Crippen LogP contribution is 2.31. The van der Waals surface area contributed by atoms with Gasteiger partial charge in [0.2, 0.25) is 0 Å². The lowest BCUT2D eigenvalue weighted by atomic mass is 10.1. The van der Waals surface area contributed by atoms with Crippen molar-refractivity contribution in [1.29, 1.82) is 0 Å². The second-order valence-electron chi connectivity index (χ2n) is 4.36. The first kappa shape index (κ1) is 16.1. The van der Waals surface area contributed by atoms with Crippen molar-refractivity contribution < 1.29 is 4.74 Å². The summed E-state index contributed by atoms with van der Waals surface area (Å²) in [6.07, 6.45) is 1.68. The number of hydrogen-bond acceptors (Lipinski definition) is 2. The quantitative estimate of drug-likeness (QED) is 0.537. The zero-order valence-corrected chi connectivity index (χ0v) is 14.5. The number of nitrogens with zero attached hydrogens (tertiary/aromatic N) is 1. The fourth-order valence-electron chi connectivity index (χ4n) is 2.05. The van der Waals surface area contributed by atoms with Crippen molar-refractivity contribution in [3.05, 3.63) is 61.9 Å². The van der Waals surface area contributed by atoms with E-state index >= 15 is 0 Å². The Bertz CT molecular complexity index is 725. The first-order valence-corrected chi connectivity index (χ1v) is 7.97. The lowest BCUT2D eigenvalue weighted by molar-refractivity contribution is 0.363. The number of halogens is 2. The first-order valence-electron chi connectivity index (χ1n) is 6.51. The summed E-state index contributed by atoms with van der Waals surface area (Å²) in [6, 6.07) is 9.19. The third kappa shape index (κ3) is 3.49. The van der Waals surface area contributed by atoms with Gasteiger partial charge in [-0.3, -0.25) is 4.79 Å². The average molecular weight is 416 g/mol. The van der Waals surface area contributed by atoms with Crippen LogP contribution in [0.4, 0.5) is 0 Å². The van der Waals surface area contributed by atoms with Crippen LogP contribution in [0, 0.1) is 3.57 Å². The second-order valence-corrected chi connectivity index (χ2v) is 5.93.